The van der Waals surface area contributed by atoms with Crippen LogP contribution in [0.15, 0.2) is 18.3 Å². The summed E-state index contributed by atoms with van der Waals surface area (Å²) < 4.78 is 78.8. The van der Waals surface area contributed by atoms with E-state index in [4.69, 9.17) is 16.3 Å². The van der Waals surface area contributed by atoms with Crippen LogP contribution in [0.4, 0.5) is 27.8 Å². The van der Waals surface area contributed by atoms with E-state index in [0.29, 0.717) is 31.9 Å². The molecule has 42 heavy (non-hydrogen) atoms. The topological polar surface area (TPSA) is 86.6 Å². The molecule has 2 bridgehead atoms. The van der Waals surface area contributed by atoms with E-state index in [9.17, 15) is 22.7 Å². The lowest BCUT2D eigenvalue weighted by atomic mass is 9.93. The molecule has 1 aromatic carbocycles. The second-order valence-corrected chi connectivity index (χ2v) is 12.1. The molecule has 0 spiro atoms. The molecule has 5 fully saturated rings. The van der Waals surface area contributed by atoms with Crippen LogP contribution in [0.5, 0.6) is 11.8 Å². The van der Waals surface area contributed by atoms with Crippen molar-refractivity contribution in [3.63, 3.8) is 0 Å². The van der Waals surface area contributed by atoms with Gasteiger partial charge in [0.05, 0.1) is 21.5 Å². The van der Waals surface area contributed by atoms with Crippen LogP contribution in [0.2, 0.25) is 5.02 Å². The standard InChI is InChI=1S/C28H28ClF5N6O2/c29-20-7-17(41)6-18(21(20)28(32,33)34)23-22(31)24-19(10-36-23)25(40-12-15-2-3-16(40)9-35-15)38-26(37-24)42-13-27-4-1-5-39(27)11-14(30)8-27/h6-7,10,14-16,35,41H,1-5,8-9,11-13H2/t14-,15?,16?,27+/m1/s1. The lowest BCUT2D eigenvalue weighted by molar-refractivity contribution is -0.137. The van der Waals surface area contributed by atoms with Crippen molar-refractivity contribution >= 4 is 28.3 Å². The highest BCUT2D eigenvalue weighted by atomic mass is 35.5. The number of phenolic OH excluding ortho intramolecular Hbond substituents is 1. The lowest BCUT2D eigenvalue weighted by Crippen LogP contribution is -2.61. The molecule has 8 nitrogen and oxygen atoms in total. The van der Waals surface area contributed by atoms with Crippen molar-refractivity contribution in [3.8, 4) is 23.0 Å². The fourth-order valence-corrected chi connectivity index (χ4v) is 7.50. The SMILES string of the molecule is Oc1cc(Cl)c(C(F)(F)F)c(-c2ncc3c(N4CC5CCC4CN5)nc(OC[C@@]45CCCN4C[C@H](F)C5)nc3c2F)c1. The summed E-state index contributed by atoms with van der Waals surface area (Å²) in [6.07, 6.45) is -0.834. The summed E-state index contributed by atoms with van der Waals surface area (Å²) in [6.45, 7) is 2.49. The highest BCUT2D eigenvalue weighted by molar-refractivity contribution is 6.32. The molecule has 5 saturated heterocycles. The number of nitrogens with one attached hydrogen (secondary N) is 1. The maximum absolute atomic E-state index is 16.3. The van der Waals surface area contributed by atoms with Gasteiger partial charge in [-0.2, -0.15) is 23.1 Å². The number of phenols is 1. The third-order valence-corrected chi connectivity index (χ3v) is 9.41. The summed E-state index contributed by atoms with van der Waals surface area (Å²) in [4.78, 5) is 17.2. The van der Waals surface area contributed by atoms with Gasteiger partial charge in [-0.05, 0) is 44.4 Å². The second kappa shape index (κ2) is 10.0. The average molecular weight is 611 g/mol. The molecule has 224 valence electrons. The van der Waals surface area contributed by atoms with Gasteiger partial charge in [0.15, 0.2) is 5.82 Å². The average Bonchev–Trinajstić information content (AvgIpc) is 3.47. The summed E-state index contributed by atoms with van der Waals surface area (Å²) >= 11 is 5.87. The molecule has 2 unspecified atom stereocenters. The number of ether oxygens (including phenoxy) is 1. The Balaban J connectivity index is 1.36. The molecule has 4 atom stereocenters. The van der Waals surface area contributed by atoms with E-state index in [-0.39, 0.29) is 35.6 Å². The van der Waals surface area contributed by atoms with Crippen molar-refractivity contribution < 1.29 is 31.8 Å². The second-order valence-electron chi connectivity index (χ2n) is 11.7. The van der Waals surface area contributed by atoms with Crippen molar-refractivity contribution in [2.75, 3.05) is 37.7 Å². The number of fused-ring (bicyclic) bond motifs is 5. The molecular formula is C28H28ClF5N6O2. The molecule has 14 heteroatoms. The number of alkyl halides is 4. The fourth-order valence-electron chi connectivity index (χ4n) is 7.18. The number of nitrogens with zero attached hydrogens (tertiary/aromatic N) is 5. The van der Waals surface area contributed by atoms with Gasteiger partial charge in [0, 0.05) is 49.9 Å². The maximum atomic E-state index is 16.3. The van der Waals surface area contributed by atoms with Crippen LogP contribution in [0.1, 0.15) is 37.7 Å². The normalized spacial score (nSPS) is 27.7. The van der Waals surface area contributed by atoms with Gasteiger partial charge in [0.25, 0.3) is 0 Å². The van der Waals surface area contributed by atoms with Crippen molar-refractivity contribution in [2.45, 2.75) is 62.1 Å². The number of halogens is 6. The highest BCUT2D eigenvalue weighted by Gasteiger charge is 2.49. The maximum Gasteiger partial charge on any atom is 0.418 e. The minimum absolute atomic E-state index is 0.0662. The van der Waals surface area contributed by atoms with Gasteiger partial charge in [0.1, 0.15) is 35.6 Å². The molecule has 8 rings (SSSR count). The molecule has 2 N–H and O–H groups in total. The van der Waals surface area contributed by atoms with Gasteiger partial charge in [-0.15, -0.1) is 0 Å². The van der Waals surface area contributed by atoms with Crippen LogP contribution in [0.3, 0.4) is 0 Å². The third kappa shape index (κ3) is 4.60. The Morgan fingerprint density at radius 3 is 2.74 bits per heavy atom. The molecule has 5 aliphatic heterocycles. The van der Waals surface area contributed by atoms with E-state index in [1.165, 1.54) is 6.20 Å². The molecular weight excluding hydrogens is 583 g/mol. The fraction of sp³-hybridized carbons (Fsp3) is 0.536. The van der Waals surface area contributed by atoms with Gasteiger partial charge >= 0.3 is 12.2 Å². The quantitative estimate of drug-likeness (QED) is 0.386. The van der Waals surface area contributed by atoms with Gasteiger partial charge < -0.3 is 20.1 Å². The largest absolute Gasteiger partial charge is 0.508 e. The minimum atomic E-state index is -4.95. The zero-order valence-electron chi connectivity index (χ0n) is 22.4. The summed E-state index contributed by atoms with van der Waals surface area (Å²) in [7, 11) is 0. The number of hydrogen-bond donors (Lipinski definition) is 2. The van der Waals surface area contributed by atoms with Gasteiger partial charge in [-0.3, -0.25) is 9.88 Å². The van der Waals surface area contributed by atoms with Crippen LogP contribution < -0.4 is 15.0 Å². The smallest absolute Gasteiger partial charge is 0.418 e. The Morgan fingerprint density at radius 1 is 1.19 bits per heavy atom. The summed E-state index contributed by atoms with van der Waals surface area (Å²) in [6, 6.07) is 1.65. The molecule has 0 radical (unpaired) electrons. The first-order valence-electron chi connectivity index (χ1n) is 14.0. The first kappa shape index (κ1) is 27.8. The van der Waals surface area contributed by atoms with Gasteiger partial charge in [0.2, 0.25) is 0 Å². The third-order valence-electron chi connectivity index (χ3n) is 9.11. The predicted octanol–water partition coefficient (Wildman–Crippen LogP) is 5.10. The molecule has 5 aliphatic rings. The van der Waals surface area contributed by atoms with Gasteiger partial charge in [-0.1, -0.05) is 11.6 Å². The predicted molar refractivity (Wildman–Crippen MR) is 145 cm³/mol. The van der Waals surface area contributed by atoms with Crippen LogP contribution in [-0.4, -0.2) is 81.5 Å². The molecule has 3 aromatic rings. The Hall–Kier alpha value is -3.03. The van der Waals surface area contributed by atoms with Crippen molar-refractivity contribution in [3.05, 3.63) is 34.7 Å². The summed E-state index contributed by atoms with van der Waals surface area (Å²) in [5.74, 6) is -1.32. The number of aromatic nitrogens is 3. The summed E-state index contributed by atoms with van der Waals surface area (Å²) in [5, 5.41) is 12.9. The molecule has 7 heterocycles. The number of pyridine rings is 1. The number of hydrogen-bond acceptors (Lipinski definition) is 8. The van der Waals surface area contributed by atoms with Crippen molar-refractivity contribution in [1.29, 1.82) is 0 Å². The van der Waals surface area contributed by atoms with Crippen LogP contribution >= 0.6 is 11.6 Å². The van der Waals surface area contributed by atoms with E-state index < -0.39 is 51.3 Å². The Morgan fingerprint density at radius 2 is 2.02 bits per heavy atom. The van der Waals surface area contributed by atoms with E-state index in [1.54, 1.807) is 0 Å². The zero-order chi connectivity index (χ0) is 29.4. The first-order chi connectivity index (χ1) is 20.0. The minimum Gasteiger partial charge on any atom is -0.508 e. The Bertz CT molecular complexity index is 1550. The number of anilines is 1. The zero-order valence-corrected chi connectivity index (χ0v) is 23.2. The number of benzene rings is 1. The van der Waals surface area contributed by atoms with Gasteiger partial charge in [-0.25, -0.2) is 8.78 Å². The Labute approximate surface area is 242 Å². The van der Waals surface area contributed by atoms with Crippen LogP contribution in [-0.2, 0) is 6.18 Å². The first-order valence-corrected chi connectivity index (χ1v) is 14.4. The highest BCUT2D eigenvalue weighted by Crippen LogP contribution is 2.45. The number of piperazine rings is 1. The summed E-state index contributed by atoms with van der Waals surface area (Å²) in [5.41, 5.74) is -3.47. The van der Waals surface area contributed by atoms with E-state index in [0.717, 1.165) is 44.4 Å². The molecule has 2 aromatic heterocycles. The van der Waals surface area contributed by atoms with E-state index in [1.807, 2.05) is 4.90 Å². The lowest BCUT2D eigenvalue weighted by Gasteiger charge is -2.46. The molecule has 0 amide bonds. The van der Waals surface area contributed by atoms with Crippen LogP contribution in [0, 0.1) is 5.82 Å². The molecule has 0 aliphatic carbocycles. The number of aromatic hydroxyl groups is 1. The van der Waals surface area contributed by atoms with E-state index >= 15 is 4.39 Å². The van der Waals surface area contributed by atoms with Crippen molar-refractivity contribution in [1.82, 2.24) is 25.2 Å². The monoisotopic (exact) mass is 610 g/mol. The van der Waals surface area contributed by atoms with Crippen LogP contribution in [0.25, 0.3) is 22.2 Å². The Kier molecular flexibility index (Phi) is 6.63. The van der Waals surface area contributed by atoms with Crippen molar-refractivity contribution in [2.24, 2.45) is 0 Å². The molecule has 0 saturated carbocycles. The van der Waals surface area contributed by atoms with E-state index in [2.05, 4.69) is 25.2 Å². The number of piperidine rings is 2. The number of rotatable bonds is 5.